The highest BCUT2D eigenvalue weighted by Gasteiger charge is 2.15. The number of nitrogens with one attached hydrogen (secondary N) is 3. The molecule has 2 amide bonds. The Morgan fingerprint density at radius 2 is 1.68 bits per heavy atom. The first-order valence-electron chi connectivity index (χ1n) is 8.97. The van der Waals surface area contributed by atoms with Gasteiger partial charge in [-0.3, -0.25) is 9.59 Å². The smallest absolute Gasteiger partial charge is 0.267 e. The molecule has 0 aromatic heterocycles. The lowest BCUT2D eigenvalue weighted by molar-refractivity contribution is -0.114. The number of hydrogen-bond donors (Lipinski definition) is 3. The first-order chi connectivity index (χ1) is 13.3. The molecular formula is C22H24N4O2. The van der Waals surface area contributed by atoms with Gasteiger partial charge in [-0.1, -0.05) is 32.0 Å². The molecular weight excluding hydrogens is 352 g/mol. The van der Waals surface area contributed by atoms with E-state index >= 15 is 0 Å². The Balaban J connectivity index is 2.14. The van der Waals surface area contributed by atoms with Crippen molar-refractivity contribution in [3.05, 3.63) is 65.4 Å². The zero-order valence-electron chi connectivity index (χ0n) is 16.5. The number of benzene rings is 2. The summed E-state index contributed by atoms with van der Waals surface area (Å²) in [7, 11) is 0. The van der Waals surface area contributed by atoms with Crippen LogP contribution in [0.1, 0.15) is 37.8 Å². The first-order valence-corrected chi connectivity index (χ1v) is 8.97. The quantitative estimate of drug-likeness (QED) is 0.510. The van der Waals surface area contributed by atoms with E-state index in [4.69, 9.17) is 0 Å². The van der Waals surface area contributed by atoms with Crippen LogP contribution in [-0.4, -0.2) is 11.8 Å². The Morgan fingerprint density at radius 1 is 1.04 bits per heavy atom. The van der Waals surface area contributed by atoms with Gasteiger partial charge < -0.3 is 16.0 Å². The lowest BCUT2D eigenvalue weighted by atomic mass is 9.98. The third-order valence-corrected chi connectivity index (χ3v) is 4.12. The van der Waals surface area contributed by atoms with Crippen LogP contribution in [0.5, 0.6) is 0 Å². The van der Waals surface area contributed by atoms with Crippen molar-refractivity contribution < 1.29 is 9.59 Å². The second-order valence-electron chi connectivity index (χ2n) is 6.72. The maximum absolute atomic E-state index is 12.6. The summed E-state index contributed by atoms with van der Waals surface area (Å²) in [6.07, 6.45) is 1.37. The van der Waals surface area contributed by atoms with Gasteiger partial charge in [0.1, 0.15) is 11.6 Å². The van der Waals surface area contributed by atoms with Crippen molar-refractivity contribution in [3.8, 4) is 6.07 Å². The van der Waals surface area contributed by atoms with E-state index in [0.717, 1.165) is 16.8 Å². The first kappa shape index (κ1) is 20.7. The Morgan fingerprint density at radius 3 is 2.25 bits per heavy atom. The second-order valence-corrected chi connectivity index (χ2v) is 6.72. The Labute approximate surface area is 165 Å². The molecule has 2 aromatic rings. The van der Waals surface area contributed by atoms with E-state index in [0.29, 0.717) is 11.4 Å². The summed E-state index contributed by atoms with van der Waals surface area (Å²) in [5.41, 5.74) is 4.02. The number of anilines is 3. The topological polar surface area (TPSA) is 94.0 Å². The summed E-state index contributed by atoms with van der Waals surface area (Å²) in [5, 5.41) is 17.8. The van der Waals surface area contributed by atoms with Crippen LogP contribution in [0.2, 0.25) is 0 Å². The minimum absolute atomic E-state index is 0.0381. The summed E-state index contributed by atoms with van der Waals surface area (Å²) in [6, 6.07) is 14.7. The number of nitrogens with zero attached hydrogens (tertiary/aromatic N) is 1. The van der Waals surface area contributed by atoms with Crippen LogP contribution in [0.25, 0.3) is 0 Å². The summed E-state index contributed by atoms with van der Waals surface area (Å²) in [5.74, 6) is -0.382. The maximum atomic E-state index is 12.6. The van der Waals surface area contributed by atoms with Gasteiger partial charge in [-0.05, 0) is 48.2 Å². The third-order valence-electron chi connectivity index (χ3n) is 4.12. The summed E-state index contributed by atoms with van der Waals surface area (Å²) in [6.45, 7) is 7.47. The monoisotopic (exact) mass is 376 g/mol. The molecule has 0 fully saturated rings. The third kappa shape index (κ3) is 5.45. The van der Waals surface area contributed by atoms with Crippen LogP contribution >= 0.6 is 0 Å². The van der Waals surface area contributed by atoms with Crippen LogP contribution in [0, 0.1) is 18.3 Å². The van der Waals surface area contributed by atoms with Gasteiger partial charge >= 0.3 is 0 Å². The number of hydrogen-bond acceptors (Lipinski definition) is 4. The number of amides is 2. The molecule has 6 nitrogen and oxygen atoms in total. The van der Waals surface area contributed by atoms with Crippen molar-refractivity contribution in [1.29, 1.82) is 5.26 Å². The zero-order valence-corrected chi connectivity index (χ0v) is 16.5. The maximum Gasteiger partial charge on any atom is 0.267 e. The second kappa shape index (κ2) is 9.38. The molecule has 144 valence electrons. The molecule has 6 heteroatoms. The van der Waals surface area contributed by atoms with Crippen LogP contribution < -0.4 is 16.0 Å². The highest BCUT2D eigenvalue weighted by atomic mass is 16.2. The van der Waals surface area contributed by atoms with Gasteiger partial charge in [-0.15, -0.1) is 0 Å². The molecule has 2 rings (SSSR count). The zero-order chi connectivity index (χ0) is 20.7. The number of para-hydroxylation sites is 1. The minimum Gasteiger partial charge on any atom is -0.360 e. The lowest BCUT2D eigenvalue weighted by Gasteiger charge is -2.16. The molecule has 0 spiro atoms. The van der Waals surface area contributed by atoms with Crippen molar-refractivity contribution in [3.63, 3.8) is 0 Å². The molecule has 0 aliphatic carbocycles. The Hall–Kier alpha value is -3.59. The van der Waals surface area contributed by atoms with Gasteiger partial charge in [-0.2, -0.15) is 5.26 Å². The fourth-order valence-electron chi connectivity index (χ4n) is 2.68. The predicted molar refractivity (Wildman–Crippen MR) is 112 cm³/mol. The number of rotatable bonds is 6. The van der Waals surface area contributed by atoms with E-state index in [1.807, 2.05) is 31.2 Å². The summed E-state index contributed by atoms with van der Waals surface area (Å²) < 4.78 is 0. The van der Waals surface area contributed by atoms with Gasteiger partial charge in [0.05, 0.1) is 0 Å². The van der Waals surface area contributed by atoms with E-state index in [2.05, 4.69) is 29.8 Å². The molecule has 3 N–H and O–H groups in total. The molecule has 0 heterocycles. The van der Waals surface area contributed by atoms with Gasteiger partial charge in [0.15, 0.2) is 0 Å². The van der Waals surface area contributed by atoms with Crippen molar-refractivity contribution in [1.82, 2.24) is 0 Å². The van der Waals surface area contributed by atoms with E-state index in [1.165, 1.54) is 13.1 Å². The van der Waals surface area contributed by atoms with Crippen molar-refractivity contribution >= 4 is 28.9 Å². The highest BCUT2D eigenvalue weighted by molar-refractivity contribution is 6.07. The molecule has 28 heavy (non-hydrogen) atoms. The Bertz CT molecular complexity index is 938. The summed E-state index contributed by atoms with van der Waals surface area (Å²) >= 11 is 0. The van der Waals surface area contributed by atoms with Crippen molar-refractivity contribution in [2.45, 2.75) is 33.6 Å². The van der Waals surface area contributed by atoms with Gasteiger partial charge in [-0.25, -0.2) is 0 Å². The molecule has 0 unspecified atom stereocenters. The Kier molecular flexibility index (Phi) is 6.94. The largest absolute Gasteiger partial charge is 0.360 e. The van der Waals surface area contributed by atoms with E-state index in [1.54, 1.807) is 24.3 Å². The molecule has 0 radical (unpaired) electrons. The fraction of sp³-hybridized carbons (Fsp3) is 0.227. The van der Waals surface area contributed by atoms with Crippen LogP contribution in [0.4, 0.5) is 17.1 Å². The molecule has 0 aliphatic rings. The van der Waals surface area contributed by atoms with Crippen molar-refractivity contribution in [2.24, 2.45) is 0 Å². The highest BCUT2D eigenvalue weighted by Crippen LogP contribution is 2.27. The van der Waals surface area contributed by atoms with Gasteiger partial charge in [0.25, 0.3) is 5.91 Å². The molecule has 0 saturated carbocycles. The van der Waals surface area contributed by atoms with Gasteiger partial charge in [0.2, 0.25) is 5.91 Å². The molecule has 2 aromatic carbocycles. The van der Waals surface area contributed by atoms with Crippen LogP contribution in [0.3, 0.4) is 0 Å². The average molecular weight is 376 g/mol. The lowest BCUT2D eigenvalue weighted by Crippen LogP contribution is -2.17. The predicted octanol–water partition coefficient (Wildman–Crippen LogP) is 4.53. The van der Waals surface area contributed by atoms with Crippen molar-refractivity contribution in [2.75, 3.05) is 16.0 Å². The molecule has 0 bridgehead atoms. The fourth-order valence-corrected chi connectivity index (χ4v) is 2.68. The molecule has 0 atom stereocenters. The van der Waals surface area contributed by atoms with E-state index < -0.39 is 5.91 Å². The van der Waals surface area contributed by atoms with E-state index in [-0.39, 0.29) is 17.4 Å². The normalized spacial score (nSPS) is 10.9. The minimum atomic E-state index is -0.471. The van der Waals surface area contributed by atoms with Crippen LogP contribution in [-0.2, 0) is 9.59 Å². The standard InChI is InChI=1S/C22H24N4O2/c1-14(2)20-7-5-6-15(3)21(20)26-22(28)17(12-23)13-24-18-8-10-19(11-9-18)25-16(4)27/h5-11,13-14,24H,1-4H3,(H,25,27)(H,26,28)/b17-13-. The number of carbonyl (C=O) groups is 2. The van der Waals surface area contributed by atoms with E-state index in [9.17, 15) is 14.9 Å². The number of carbonyl (C=O) groups excluding carboxylic acids is 2. The molecule has 0 aliphatic heterocycles. The van der Waals surface area contributed by atoms with Gasteiger partial charge in [0, 0.05) is 30.2 Å². The number of aryl methyl sites for hydroxylation is 1. The molecule has 0 saturated heterocycles. The summed E-state index contributed by atoms with van der Waals surface area (Å²) in [4.78, 5) is 23.6. The average Bonchev–Trinajstić information content (AvgIpc) is 2.64. The number of nitriles is 1. The SMILES string of the molecule is CC(=O)Nc1ccc(N/C=C(/C#N)C(=O)Nc2c(C)cccc2C(C)C)cc1. The van der Waals surface area contributed by atoms with Crippen LogP contribution in [0.15, 0.2) is 54.2 Å².